The van der Waals surface area contributed by atoms with E-state index in [-0.39, 0.29) is 11.8 Å². The molecule has 1 aliphatic rings. The molecule has 0 aromatic heterocycles. The third-order valence-corrected chi connectivity index (χ3v) is 5.16. The number of nitrogens with one attached hydrogen (secondary N) is 1. The van der Waals surface area contributed by atoms with Gasteiger partial charge in [-0.2, -0.15) is 0 Å². The van der Waals surface area contributed by atoms with Crippen molar-refractivity contribution >= 4 is 29.1 Å². The van der Waals surface area contributed by atoms with Crippen LogP contribution in [0.3, 0.4) is 0 Å². The zero-order valence-corrected chi connectivity index (χ0v) is 15.6. The molecule has 0 bridgehead atoms. The van der Waals surface area contributed by atoms with Crippen LogP contribution in [-0.4, -0.2) is 23.9 Å². The van der Waals surface area contributed by atoms with Crippen LogP contribution in [-0.2, 0) is 17.9 Å². The van der Waals surface area contributed by atoms with Gasteiger partial charge in [0.15, 0.2) is 0 Å². The minimum atomic E-state index is 0.105. The fraction of sp³-hybridized carbons (Fsp3) is 0.350. The molecule has 1 fully saturated rings. The van der Waals surface area contributed by atoms with Crippen LogP contribution in [0, 0.1) is 5.92 Å². The van der Waals surface area contributed by atoms with Gasteiger partial charge in [0.25, 0.3) is 0 Å². The number of nitrogens with zero attached hydrogens (tertiary/aromatic N) is 1. The Labute approximate surface area is 158 Å². The molecule has 2 aromatic rings. The molecule has 0 atom stereocenters. The molecule has 3 nitrogen and oxygen atoms in total. The van der Waals surface area contributed by atoms with Crippen molar-refractivity contribution in [1.82, 2.24) is 10.2 Å². The fourth-order valence-corrected chi connectivity index (χ4v) is 3.39. The first-order chi connectivity index (χ1) is 12.1. The molecule has 1 amide bonds. The summed E-state index contributed by atoms with van der Waals surface area (Å²) in [6, 6.07) is 15.5. The summed E-state index contributed by atoms with van der Waals surface area (Å²) in [6.07, 6.45) is 1.81. The number of carbonyl (C=O) groups is 1. The van der Waals surface area contributed by atoms with Crippen molar-refractivity contribution in [2.45, 2.75) is 25.9 Å². The van der Waals surface area contributed by atoms with Crippen LogP contribution in [0.5, 0.6) is 0 Å². The molecule has 0 radical (unpaired) electrons. The van der Waals surface area contributed by atoms with Gasteiger partial charge in [-0.05, 0) is 61.3 Å². The molecule has 132 valence electrons. The van der Waals surface area contributed by atoms with Crippen molar-refractivity contribution in [2.24, 2.45) is 5.92 Å². The maximum Gasteiger partial charge on any atom is 0.223 e. The van der Waals surface area contributed by atoms with E-state index >= 15 is 0 Å². The van der Waals surface area contributed by atoms with E-state index in [1.807, 2.05) is 36.4 Å². The van der Waals surface area contributed by atoms with Gasteiger partial charge in [0.05, 0.1) is 0 Å². The van der Waals surface area contributed by atoms with Crippen LogP contribution in [0.4, 0.5) is 0 Å². The van der Waals surface area contributed by atoms with Crippen LogP contribution in [0.25, 0.3) is 0 Å². The maximum atomic E-state index is 12.4. The standard InChI is InChI=1S/C20H22Cl2N2O/c21-18-5-1-15(2-6-18)13-23-20(25)17-9-11-24(12-10-17)14-16-3-7-19(22)8-4-16/h1-8,17H,9-14H2,(H,23,25). The Kier molecular flexibility index (Phi) is 6.35. The van der Waals surface area contributed by atoms with E-state index in [0.29, 0.717) is 11.6 Å². The van der Waals surface area contributed by atoms with Crippen LogP contribution in [0.15, 0.2) is 48.5 Å². The lowest BCUT2D eigenvalue weighted by molar-refractivity contribution is -0.126. The normalized spacial score (nSPS) is 15.9. The molecule has 0 unspecified atom stereocenters. The van der Waals surface area contributed by atoms with Gasteiger partial charge in [-0.15, -0.1) is 0 Å². The number of hydrogen-bond acceptors (Lipinski definition) is 2. The Morgan fingerprint density at radius 2 is 1.44 bits per heavy atom. The molecule has 25 heavy (non-hydrogen) atoms. The topological polar surface area (TPSA) is 32.3 Å². The first kappa shape index (κ1) is 18.2. The van der Waals surface area contributed by atoms with Crippen molar-refractivity contribution in [2.75, 3.05) is 13.1 Å². The number of hydrogen-bond donors (Lipinski definition) is 1. The van der Waals surface area contributed by atoms with Crippen molar-refractivity contribution in [3.63, 3.8) is 0 Å². The number of rotatable bonds is 5. The lowest BCUT2D eigenvalue weighted by Gasteiger charge is -2.31. The molecule has 1 saturated heterocycles. The van der Waals surface area contributed by atoms with Gasteiger partial charge in [0.1, 0.15) is 0 Å². The quantitative estimate of drug-likeness (QED) is 0.831. The SMILES string of the molecule is O=C(NCc1ccc(Cl)cc1)C1CCN(Cc2ccc(Cl)cc2)CC1. The van der Waals surface area contributed by atoms with E-state index in [1.54, 1.807) is 0 Å². The summed E-state index contributed by atoms with van der Waals surface area (Å²) in [5.41, 5.74) is 2.33. The van der Waals surface area contributed by atoms with Gasteiger partial charge in [0, 0.05) is 29.1 Å². The van der Waals surface area contributed by atoms with E-state index < -0.39 is 0 Å². The monoisotopic (exact) mass is 376 g/mol. The highest BCUT2D eigenvalue weighted by atomic mass is 35.5. The molecule has 2 aromatic carbocycles. The smallest absolute Gasteiger partial charge is 0.223 e. The number of likely N-dealkylation sites (tertiary alicyclic amines) is 1. The van der Waals surface area contributed by atoms with Crippen molar-refractivity contribution in [3.8, 4) is 0 Å². The van der Waals surface area contributed by atoms with Crippen LogP contribution >= 0.6 is 23.2 Å². The molecule has 1 aliphatic heterocycles. The molecular formula is C20H22Cl2N2O. The molecule has 1 N–H and O–H groups in total. The Morgan fingerprint density at radius 1 is 0.920 bits per heavy atom. The highest BCUT2D eigenvalue weighted by Gasteiger charge is 2.24. The second-order valence-electron chi connectivity index (χ2n) is 6.52. The number of carbonyl (C=O) groups excluding carboxylic acids is 1. The van der Waals surface area contributed by atoms with E-state index in [4.69, 9.17) is 23.2 Å². The van der Waals surface area contributed by atoms with E-state index in [1.165, 1.54) is 5.56 Å². The first-order valence-corrected chi connectivity index (χ1v) is 9.35. The second-order valence-corrected chi connectivity index (χ2v) is 7.39. The fourth-order valence-electron chi connectivity index (χ4n) is 3.14. The predicted octanol–water partition coefficient (Wildman–Crippen LogP) is 4.52. The van der Waals surface area contributed by atoms with E-state index in [2.05, 4.69) is 22.3 Å². The first-order valence-electron chi connectivity index (χ1n) is 8.59. The van der Waals surface area contributed by atoms with Crippen molar-refractivity contribution < 1.29 is 4.79 Å². The second kappa shape index (κ2) is 8.70. The highest BCUT2D eigenvalue weighted by Crippen LogP contribution is 2.20. The Morgan fingerprint density at radius 3 is 2.00 bits per heavy atom. The number of halogens is 2. The summed E-state index contributed by atoms with van der Waals surface area (Å²) in [7, 11) is 0. The number of benzene rings is 2. The zero-order chi connectivity index (χ0) is 17.6. The Hall–Kier alpha value is -1.55. The van der Waals surface area contributed by atoms with E-state index in [9.17, 15) is 4.79 Å². The Balaban J connectivity index is 1.42. The molecule has 0 spiro atoms. The number of amides is 1. The lowest BCUT2D eigenvalue weighted by Crippen LogP contribution is -2.40. The summed E-state index contributed by atoms with van der Waals surface area (Å²) in [5, 5.41) is 4.52. The van der Waals surface area contributed by atoms with Gasteiger partial charge >= 0.3 is 0 Å². The summed E-state index contributed by atoms with van der Waals surface area (Å²) in [5.74, 6) is 0.259. The molecular weight excluding hydrogens is 355 g/mol. The predicted molar refractivity (Wildman–Crippen MR) is 103 cm³/mol. The van der Waals surface area contributed by atoms with Gasteiger partial charge in [-0.1, -0.05) is 47.5 Å². The van der Waals surface area contributed by atoms with Crippen LogP contribution < -0.4 is 5.32 Å². The molecule has 0 saturated carbocycles. The largest absolute Gasteiger partial charge is 0.352 e. The third kappa shape index (κ3) is 5.46. The lowest BCUT2D eigenvalue weighted by atomic mass is 9.95. The van der Waals surface area contributed by atoms with Crippen molar-refractivity contribution in [1.29, 1.82) is 0 Å². The summed E-state index contributed by atoms with van der Waals surface area (Å²) < 4.78 is 0. The van der Waals surface area contributed by atoms with Gasteiger partial charge in [-0.3, -0.25) is 9.69 Å². The highest BCUT2D eigenvalue weighted by molar-refractivity contribution is 6.30. The number of piperidine rings is 1. The molecule has 5 heteroatoms. The molecule has 0 aliphatic carbocycles. The average Bonchev–Trinajstić information content (AvgIpc) is 2.63. The summed E-state index contributed by atoms with van der Waals surface area (Å²) in [6.45, 7) is 3.36. The zero-order valence-electron chi connectivity index (χ0n) is 14.1. The van der Waals surface area contributed by atoms with Gasteiger partial charge in [0.2, 0.25) is 5.91 Å². The average molecular weight is 377 g/mol. The van der Waals surface area contributed by atoms with Crippen LogP contribution in [0.1, 0.15) is 24.0 Å². The van der Waals surface area contributed by atoms with Gasteiger partial charge < -0.3 is 5.32 Å². The summed E-state index contributed by atoms with van der Waals surface area (Å²) in [4.78, 5) is 14.8. The molecule has 3 rings (SSSR count). The third-order valence-electron chi connectivity index (χ3n) is 4.66. The van der Waals surface area contributed by atoms with Gasteiger partial charge in [-0.25, -0.2) is 0 Å². The van der Waals surface area contributed by atoms with E-state index in [0.717, 1.165) is 43.1 Å². The maximum absolute atomic E-state index is 12.4. The Bertz CT molecular complexity index is 693. The van der Waals surface area contributed by atoms with Crippen LogP contribution in [0.2, 0.25) is 10.0 Å². The minimum Gasteiger partial charge on any atom is -0.352 e. The minimum absolute atomic E-state index is 0.105. The van der Waals surface area contributed by atoms with Crippen molar-refractivity contribution in [3.05, 3.63) is 69.7 Å². The summed E-state index contributed by atoms with van der Waals surface area (Å²) >= 11 is 11.8. The molecule has 1 heterocycles.